The molecule has 0 spiro atoms. The van der Waals surface area contributed by atoms with E-state index in [4.69, 9.17) is 0 Å². The van der Waals surface area contributed by atoms with Crippen LogP contribution in [0, 0.1) is 6.92 Å². The molecular weight excluding hydrogens is 318 g/mol. The van der Waals surface area contributed by atoms with Crippen LogP contribution >= 0.6 is 15.9 Å². The zero-order chi connectivity index (χ0) is 14.4. The Kier molecular flexibility index (Phi) is 5.35. The lowest BCUT2D eigenvalue weighted by Gasteiger charge is -2.08. The molecule has 0 bridgehead atoms. The first-order valence-electron chi connectivity index (χ1n) is 6.67. The Bertz CT molecular complexity index is 567. The minimum atomic E-state index is -0.0282. The van der Waals surface area contributed by atoms with Gasteiger partial charge in [-0.05, 0) is 53.4 Å². The fourth-order valence-electron chi connectivity index (χ4n) is 1.94. The largest absolute Gasteiger partial charge is 0.352 e. The fourth-order valence-corrected chi connectivity index (χ4v) is 2.61. The number of halogens is 1. The van der Waals surface area contributed by atoms with E-state index in [1.165, 1.54) is 0 Å². The van der Waals surface area contributed by atoms with Gasteiger partial charge in [0.2, 0.25) is 0 Å². The smallest absolute Gasteiger partial charge is 0.252 e. The highest BCUT2D eigenvalue weighted by Gasteiger charge is 2.08. The predicted octanol–water partition coefficient (Wildman–Crippen LogP) is 3.16. The first-order chi connectivity index (χ1) is 9.66. The van der Waals surface area contributed by atoms with Crippen molar-refractivity contribution in [3.05, 3.63) is 52.5 Å². The third-order valence-electron chi connectivity index (χ3n) is 3.06. The number of carbonyl (C=O) groups excluding carboxylic acids is 1. The molecule has 2 aromatic rings. The van der Waals surface area contributed by atoms with Gasteiger partial charge in [-0.15, -0.1) is 0 Å². The summed E-state index contributed by atoms with van der Waals surface area (Å²) >= 11 is 3.43. The Hall–Kier alpha value is -1.62. The van der Waals surface area contributed by atoms with Crippen LogP contribution in [0.25, 0.3) is 0 Å². The zero-order valence-electron chi connectivity index (χ0n) is 11.5. The number of rotatable bonds is 6. The van der Waals surface area contributed by atoms with Crippen molar-refractivity contribution in [2.45, 2.75) is 26.3 Å². The molecule has 0 atom stereocenters. The van der Waals surface area contributed by atoms with Crippen molar-refractivity contribution in [2.75, 3.05) is 6.54 Å². The van der Waals surface area contributed by atoms with E-state index in [0.29, 0.717) is 12.1 Å². The maximum Gasteiger partial charge on any atom is 0.252 e. The summed E-state index contributed by atoms with van der Waals surface area (Å²) in [7, 11) is 0. The molecule has 20 heavy (non-hydrogen) atoms. The molecule has 0 aliphatic heterocycles. The molecule has 5 heteroatoms. The van der Waals surface area contributed by atoms with E-state index in [1.54, 1.807) is 6.20 Å². The quantitative estimate of drug-likeness (QED) is 0.824. The number of aromatic nitrogens is 2. The number of carbonyl (C=O) groups is 1. The highest BCUT2D eigenvalue weighted by atomic mass is 79.9. The van der Waals surface area contributed by atoms with Crippen LogP contribution in [-0.4, -0.2) is 22.0 Å². The molecule has 0 radical (unpaired) electrons. The van der Waals surface area contributed by atoms with Gasteiger partial charge >= 0.3 is 0 Å². The molecule has 1 heterocycles. The lowest BCUT2D eigenvalue weighted by molar-refractivity contribution is 0.0952. The first kappa shape index (κ1) is 14.8. The maximum atomic E-state index is 12.0. The van der Waals surface area contributed by atoms with E-state index >= 15 is 0 Å². The molecule has 2 rings (SSSR count). The van der Waals surface area contributed by atoms with Gasteiger partial charge in [0.15, 0.2) is 0 Å². The number of hydrogen-bond acceptors (Lipinski definition) is 2. The van der Waals surface area contributed by atoms with E-state index in [9.17, 15) is 4.79 Å². The van der Waals surface area contributed by atoms with E-state index in [1.807, 2.05) is 42.2 Å². The summed E-state index contributed by atoms with van der Waals surface area (Å²) in [5.41, 5.74) is 1.82. The molecule has 1 aromatic carbocycles. The number of nitrogens with zero attached hydrogens (tertiary/aromatic N) is 2. The standard InChI is InChI=1S/C15H18BrN3O/c1-12-4-5-13(14(16)10-12)15(20)18-6-2-3-8-19-9-7-17-11-19/h4-5,7,9-11H,2-3,6,8H2,1H3,(H,18,20). The molecule has 0 aliphatic carbocycles. The summed E-state index contributed by atoms with van der Waals surface area (Å²) in [5, 5.41) is 2.95. The Morgan fingerprint density at radius 2 is 2.25 bits per heavy atom. The van der Waals surface area contributed by atoms with Crippen LogP contribution in [0.4, 0.5) is 0 Å². The van der Waals surface area contributed by atoms with Crippen LogP contribution in [0.3, 0.4) is 0 Å². The van der Waals surface area contributed by atoms with Crippen molar-refractivity contribution in [1.29, 1.82) is 0 Å². The van der Waals surface area contributed by atoms with Gasteiger partial charge in [0.25, 0.3) is 5.91 Å². The van der Waals surface area contributed by atoms with Gasteiger partial charge in [0.1, 0.15) is 0 Å². The second kappa shape index (κ2) is 7.24. The molecule has 0 aliphatic rings. The molecule has 106 valence electrons. The molecule has 0 fully saturated rings. The Morgan fingerprint density at radius 1 is 1.40 bits per heavy atom. The van der Waals surface area contributed by atoms with E-state index in [2.05, 4.69) is 26.2 Å². The van der Waals surface area contributed by atoms with Crippen LogP contribution in [-0.2, 0) is 6.54 Å². The molecular formula is C15H18BrN3O. The summed E-state index contributed by atoms with van der Waals surface area (Å²) < 4.78 is 2.88. The van der Waals surface area contributed by atoms with E-state index in [-0.39, 0.29) is 5.91 Å². The number of amides is 1. The van der Waals surface area contributed by atoms with Crippen LogP contribution in [0.5, 0.6) is 0 Å². The van der Waals surface area contributed by atoms with Gasteiger partial charge in [-0.3, -0.25) is 4.79 Å². The molecule has 0 unspecified atom stereocenters. The van der Waals surface area contributed by atoms with E-state index in [0.717, 1.165) is 29.4 Å². The van der Waals surface area contributed by atoms with E-state index < -0.39 is 0 Å². The SMILES string of the molecule is Cc1ccc(C(=O)NCCCCn2ccnc2)c(Br)c1. The van der Waals surface area contributed by atoms with Gasteiger partial charge < -0.3 is 9.88 Å². The number of aryl methyl sites for hydroxylation is 2. The summed E-state index contributed by atoms with van der Waals surface area (Å²) in [5.74, 6) is -0.0282. The zero-order valence-corrected chi connectivity index (χ0v) is 13.1. The summed E-state index contributed by atoms with van der Waals surface area (Å²) in [6.45, 7) is 3.63. The van der Waals surface area contributed by atoms with Crippen LogP contribution in [0.15, 0.2) is 41.4 Å². The fraction of sp³-hybridized carbons (Fsp3) is 0.333. The third-order valence-corrected chi connectivity index (χ3v) is 3.71. The molecule has 1 N–H and O–H groups in total. The van der Waals surface area contributed by atoms with Gasteiger partial charge in [0, 0.05) is 30.0 Å². The monoisotopic (exact) mass is 335 g/mol. The third kappa shape index (κ3) is 4.20. The minimum Gasteiger partial charge on any atom is -0.352 e. The maximum absolute atomic E-state index is 12.0. The molecule has 1 amide bonds. The Morgan fingerprint density at radius 3 is 2.95 bits per heavy atom. The van der Waals surface area contributed by atoms with Crippen molar-refractivity contribution in [3.63, 3.8) is 0 Å². The lowest BCUT2D eigenvalue weighted by Crippen LogP contribution is -2.25. The highest BCUT2D eigenvalue weighted by Crippen LogP contribution is 2.18. The van der Waals surface area contributed by atoms with Gasteiger partial charge in [0.05, 0.1) is 11.9 Å². The molecule has 1 aromatic heterocycles. The number of benzene rings is 1. The molecule has 4 nitrogen and oxygen atoms in total. The Balaban J connectivity index is 1.72. The summed E-state index contributed by atoms with van der Waals surface area (Å²) in [4.78, 5) is 16.0. The lowest BCUT2D eigenvalue weighted by atomic mass is 10.1. The van der Waals surface area contributed by atoms with Crippen molar-refractivity contribution in [1.82, 2.24) is 14.9 Å². The summed E-state index contributed by atoms with van der Waals surface area (Å²) in [6, 6.07) is 5.74. The normalized spacial score (nSPS) is 10.5. The minimum absolute atomic E-state index is 0.0282. The second-order valence-electron chi connectivity index (χ2n) is 4.75. The van der Waals surface area contributed by atoms with Gasteiger partial charge in [-0.2, -0.15) is 0 Å². The van der Waals surface area contributed by atoms with Crippen molar-refractivity contribution in [3.8, 4) is 0 Å². The number of unbranched alkanes of at least 4 members (excludes halogenated alkanes) is 1. The van der Waals surface area contributed by atoms with Crippen LogP contribution in [0.2, 0.25) is 0 Å². The van der Waals surface area contributed by atoms with Crippen molar-refractivity contribution in [2.24, 2.45) is 0 Å². The van der Waals surface area contributed by atoms with Gasteiger partial charge in [-0.25, -0.2) is 4.98 Å². The second-order valence-corrected chi connectivity index (χ2v) is 5.60. The topological polar surface area (TPSA) is 46.9 Å². The molecule has 0 saturated carbocycles. The number of hydrogen-bond donors (Lipinski definition) is 1. The highest BCUT2D eigenvalue weighted by molar-refractivity contribution is 9.10. The number of nitrogens with one attached hydrogen (secondary N) is 1. The van der Waals surface area contributed by atoms with Gasteiger partial charge in [-0.1, -0.05) is 6.07 Å². The predicted molar refractivity (Wildman–Crippen MR) is 82.7 cm³/mol. The molecule has 0 saturated heterocycles. The first-order valence-corrected chi connectivity index (χ1v) is 7.46. The number of imidazole rings is 1. The summed E-state index contributed by atoms with van der Waals surface area (Å²) in [6.07, 6.45) is 7.50. The van der Waals surface area contributed by atoms with Crippen LogP contribution in [0.1, 0.15) is 28.8 Å². The van der Waals surface area contributed by atoms with Crippen molar-refractivity contribution >= 4 is 21.8 Å². The Labute approximate surface area is 127 Å². The van der Waals surface area contributed by atoms with Crippen LogP contribution < -0.4 is 5.32 Å². The van der Waals surface area contributed by atoms with Crippen molar-refractivity contribution < 1.29 is 4.79 Å². The average molecular weight is 336 g/mol. The average Bonchev–Trinajstić information content (AvgIpc) is 2.91.